The number of oxazole rings is 1. The van der Waals surface area contributed by atoms with Gasteiger partial charge in [-0.3, -0.25) is 0 Å². The topological polar surface area (TPSA) is 63.3 Å². The lowest BCUT2D eigenvalue weighted by Gasteiger charge is -1.93. The number of benzene rings is 1. The van der Waals surface area contributed by atoms with Crippen LogP contribution in [0.2, 0.25) is 0 Å². The molecule has 0 radical (unpaired) electrons. The summed E-state index contributed by atoms with van der Waals surface area (Å²) in [6.45, 7) is 0. The molecule has 0 atom stereocenters. The second-order valence-electron chi connectivity index (χ2n) is 3.85. The van der Waals surface area contributed by atoms with E-state index in [0.29, 0.717) is 11.7 Å². The van der Waals surface area contributed by atoms with Crippen molar-refractivity contribution in [2.75, 3.05) is 0 Å². The number of carbonyl (C=O) groups is 1. The van der Waals surface area contributed by atoms with Gasteiger partial charge in [-0.1, -0.05) is 24.3 Å². The van der Waals surface area contributed by atoms with Crippen LogP contribution in [0.3, 0.4) is 0 Å². The Hall–Kier alpha value is -2.40. The monoisotopic (exact) mass is 271 g/mol. The van der Waals surface area contributed by atoms with Crippen LogP contribution in [0.5, 0.6) is 0 Å². The number of thiophene rings is 1. The molecule has 94 valence electrons. The number of hydrogen-bond donors (Lipinski definition) is 1. The molecule has 0 aliphatic carbocycles. The summed E-state index contributed by atoms with van der Waals surface area (Å²) in [5, 5.41) is 11.1. The summed E-state index contributed by atoms with van der Waals surface area (Å²) in [6, 6.07) is 12.9. The first kappa shape index (κ1) is 11.7. The first-order valence-electron chi connectivity index (χ1n) is 5.59. The van der Waals surface area contributed by atoms with Crippen LogP contribution < -0.4 is 0 Å². The van der Waals surface area contributed by atoms with Crippen molar-refractivity contribution in [2.45, 2.75) is 0 Å². The van der Waals surface area contributed by atoms with Crippen LogP contribution in [0, 0.1) is 0 Å². The summed E-state index contributed by atoms with van der Waals surface area (Å²) >= 11 is 1.42. The maximum absolute atomic E-state index is 11.2. The van der Waals surface area contributed by atoms with E-state index in [1.165, 1.54) is 11.3 Å². The van der Waals surface area contributed by atoms with Gasteiger partial charge in [-0.25, -0.2) is 9.78 Å². The van der Waals surface area contributed by atoms with E-state index in [2.05, 4.69) is 4.98 Å². The van der Waals surface area contributed by atoms with Gasteiger partial charge in [-0.05, 0) is 23.6 Å². The van der Waals surface area contributed by atoms with Crippen LogP contribution in [-0.2, 0) is 0 Å². The Bertz CT molecular complexity index is 702. The second kappa shape index (κ2) is 4.70. The van der Waals surface area contributed by atoms with Crippen LogP contribution in [0.1, 0.15) is 10.5 Å². The van der Waals surface area contributed by atoms with Gasteiger partial charge in [0, 0.05) is 5.56 Å². The molecule has 3 aromatic rings. The number of hydrogen-bond acceptors (Lipinski definition) is 4. The van der Waals surface area contributed by atoms with Crippen LogP contribution in [0.4, 0.5) is 0 Å². The summed E-state index contributed by atoms with van der Waals surface area (Å²) in [7, 11) is 0. The van der Waals surface area contributed by atoms with Crippen LogP contribution >= 0.6 is 11.3 Å². The van der Waals surface area contributed by atoms with Gasteiger partial charge in [0.2, 0.25) is 5.89 Å². The first-order valence-corrected chi connectivity index (χ1v) is 6.47. The van der Waals surface area contributed by atoms with Gasteiger partial charge < -0.3 is 9.52 Å². The summed E-state index contributed by atoms with van der Waals surface area (Å²) in [5.41, 5.74) is 0.703. The minimum Gasteiger partial charge on any atom is -0.476 e. The number of carboxylic acid groups (broad SMARTS) is 1. The summed E-state index contributed by atoms with van der Waals surface area (Å²) in [5.74, 6) is -0.461. The molecule has 4 nitrogen and oxygen atoms in total. The summed E-state index contributed by atoms with van der Waals surface area (Å²) in [4.78, 5) is 16.1. The Balaban J connectivity index is 2.15. The quantitative estimate of drug-likeness (QED) is 0.787. The van der Waals surface area contributed by atoms with E-state index in [-0.39, 0.29) is 5.69 Å². The minimum absolute atomic E-state index is 0.0543. The average Bonchev–Trinajstić information content (AvgIpc) is 3.08. The standard InChI is InChI=1S/C14H9NO3S/c16-14(17)11-12(10-7-4-8-19-10)18-13(15-11)9-5-2-1-3-6-9/h1-8H,(H,16,17). The third kappa shape index (κ3) is 2.15. The van der Waals surface area contributed by atoms with E-state index < -0.39 is 5.97 Å². The number of nitrogens with zero attached hydrogens (tertiary/aromatic N) is 1. The van der Waals surface area contributed by atoms with Gasteiger partial charge in [0.1, 0.15) is 0 Å². The van der Waals surface area contributed by atoms with Gasteiger partial charge in [0.15, 0.2) is 11.5 Å². The van der Waals surface area contributed by atoms with E-state index in [9.17, 15) is 9.90 Å². The fraction of sp³-hybridized carbons (Fsp3) is 0. The van der Waals surface area contributed by atoms with Gasteiger partial charge in [-0.2, -0.15) is 0 Å². The molecular weight excluding hydrogens is 262 g/mol. The highest BCUT2D eigenvalue weighted by molar-refractivity contribution is 7.13. The maximum atomic E-state index is 11.2. The lowest BCUT2D eigenvalue weighted by molar-refractivity contribution is 0.0691. The largest absolute Gasteiger partial charge is 0.476 e. The Morgan fingerprint density at radius 3 is 2.58 bits per heavy atom. The SMILES string of the molecule is O=C(O)c1nc(-c2ccccc2)oc1-c1cccs1. The number of aromatic nitrogens is 1. The molecule has 0 unspecified atom stereocenters. The predicted molar refractivity (Wildman–Crippen MR) is 72.2 cm³/mol. The fourth-order valence-corrected chi connectivity index (χ4v) is 2.45. The summed E-state index contributed by atoms with van der Waals surface area (Å²) < 4.78 is 5.62. The zero-order valence-corrected chi connectivity index (χ0v) is 10.6. The third-order valence-corrected chi connectivity index (χ3v) is 3.46. The van der Waals surface area contributed by atoms with Crippen molar-refractivity contribution in [3.8, 4) is 22.1 Å². The fourth-order valence-electron chi connectivity index (χ4n) is 1.74. The molecule has 0 saturated heterocycles. The van der Waals surface area contributed by atoms with Crippen LogP contribution in [-0.4, -0.2) is 16.1 Å². The average molecular weight is 271 g/mol. The molecule has 1 N–H and O–H groups in total. The van der Waals surface area contributed by atoms with Crippen molar-refractivity contribution in [3.05, 3.63) is 53.5 Å². The number of rotatable bonds is 3. The second-order valence-corrected chi connectivity index (χ2v) is 4.79. The third-order valence-electron chi connectivity index (χ3n) is 2.60. The Morgan fingerprint density at radius 1 is 1.16 bits per heavy atom. The van der Waals surface area contributed by atoms with Crippen molar-refractivity contribution in [1.82, 2.24) is 4.98 Å². The predicted octanol–water partition coefficient (Wildman–Crippen LogP) is 3.77. The minimum atomic E-state index is -1.09. The molecule has 2 aromatic heterocycles. The van der Waals surface area contributed by atoms with Crippen LogP contribution in [0.15, 0.2) is 52.3 Å². The molecule has 2 heterocycles. The highest BCUT2D eigenvalue weighted by atomic mass is 32.1. The van der Waals surface area contributed by atoms with E-state index in [4.69, 9.17) is 4.42 Å². The molecule has 0 bridgehead atoms. The zero-order chi connectivity index (χ0) is 13.2. The Kier molecular flexibility index (Phi) is 2.89. The van der Waals surface area contributed by atoms with E-state index >= 15 is 0 Å². The molecule has 0 aliphatic heterocycles. The maximum Gasteiger partial charge on any atom is 0.358 e. The molecule has 1 aromatic carbocycles. The molecule has 0 amide bonds. The van der Waals surface area contributed by atoms with Gasteiger partial charge in [0.25, 0.3) is 0 Å². The lowest BCUT2D eigenvalue weighted by Crippen LogP contribution is -1.98. The molecule has 0 saturated carbocycles. The molecule has 0 spiro atoms. The highest BCUT2D eigenvalue weighted by Crippen LogP contribution is 2.32. The Labute approximate surface area is 113 Å². The Morgan fingerprint density at radius 2 is 1.95 bits per heavy atom. The molecule has 3 rings (SSSR count). The normalized spacial score (nSPS) is 10.5. The molecule has 5 heteroatoms. The summed E-state index contributed by atoms with van der Waals surface area (Å²) in [6.07, 6.45) is 0. The van der Waals surface area contributed by atoms with E-state index in [0.717, 1.165) is 10.4 Å². The molecule has 0 fully saturated rings. The van der Waals surface area contributed by atoms with Gasteiger partial charge in [0.05, 0.1) is 4.88 Å². The molecular formula is C14H9NO3S. The van der Waals surface area contributed by atoms with Crippen molar-refractivity contribution >= 4 is 17.3 Å². The van der Waals surface area contributed by atoms with E-state index in [1.807, 2.05) is 47.8 Å². The van der Waals surface area contributed by atoms with Gasteiger partial charge >= 0.3 is 5.97 Å². The zero-order valence-electron chi connectivity index (χ0n) is 9.74. The smallest absolute Gasteiger partial charge is 0.358 e. The number of aromatic carboxylic acids is 1. The van der Waals surface area contributed by atoms with Gasteiger partial charge in [-0.15, -0.1) is 11.3 Å². The van der Waals surface area contributed by atoms with Crippen molar-refractivity contribution < 1.29 is 14.3 Å². The first-order chi connectivity index (χ1) is 9.25. The van der Waals surface area contributed by atoms with Crippen molar-refractivity contribution in [3.63, 3.8) is 0 Å². The molecule has 19 heavy (non-hydrogen) atoms. The number of carboxylic acids is 1. The molecule has 0 aliphatic rings. The van der Waals surface area contributed by atoms with Crippen molar-refractivity contribution in [1.29, 1.82) is 0 Å². The lowest BCUT2D eigenvalue weighted by atomic mass is 10.2. The van der Waals surface area contributed by atoms with Crippen LogP contribution in [0.25, 0.3) is 22.1 Å². The highest BCUT2D eigenvalue weighted by Gasteiger charge is 2.22. The van der Waals surface area contributed by atoms with Crippen molar-refractivity contribution in [2.24, 2.45) is 0 Å². The van der Waals surface area contributed by atoms with E-state index in [1.54, 1.807) is 0 Å².